The van der Waals surface area contributed by atoms with E-state index >= 15 is 0 Å². The monoisotopic (exact) mass is 261 g/mol. The summed E-state index contributed by atoms with van der Waals surface area (Å²) >= 11 is 0. The van der Waals surface area contributed by atoms with E-state index in [-0.39, 0.29) is 11.7 Å². The number of hydrogen-bond acceptors (Lipinski definition) is 2. The van der Waals surface area contributed by atoms with Gasteiger partial charge in [0.05, 0.1) is 0 Å². The van der Waals surface area contributed by atoms with Gasteiger partial charge in [0, 0.05) is 18.7 Å². The summed E-state index contributed by atoms with van der Waals surface area (Å²) in [4.78, 5) is 14.2. The summed E-state index contributed by atoms with van der Waals surface area (Å²) < 4.78 is 0. The van der Waals surface area contributed by atoms with E-state index in [1.165, 1.54) is 6.07 Å². The first-order valence-electron chi connectivity index (χ1n) is 6.95. The summed E-state index contributed by atoms with van der Waals surface area (Å²) in [6.45, 7) is 4.58. The lowest BCUT2D eigenvalue weighted by atomic mass is 9.75. The molecular formula is C16H23NO2. The standard InChI is InChI=1S/C16H23NO2/c1-16(2)9-7-13(8-10-16)17(3)15(19)12-5-4-6-14(18)11-12/h4-6,11,13,18H,7-10H2,1-3H3. The van der Waals surface area contributed by atoms with E-state index < -0.39 is 0 Å². The molecule has 2 rings (SSSR count). The first-order valence-corrected chi connectivity index (χ1v) is 6.95. The number of carbonyl (C=O) groups excluding carboxylic acids is 1. The highest BCUT2D eigenvalue weighted by Crippen LogP contribution is 2.36. The second kappa shape index (κ2) is 5.24. The van der Waals surface area contributed by atoms with E-state index in [0.717, 1.165) is 25.7 Å². The fourth-order valence-corrected chi connectivity index (χ4v) is 2.78. The van der Waals surface area contributed by atoms with E-state index in [1.807, 2.05) is 11.9 Å². The fourth-order valence-electron chi connectivity index (χ4n) is 2.78. The van der Waals surface area contributed by atoms with Gasteiger partial charge in [-0.25, -0.2) is 0 Å². The SMILES string of the molecule is CN(C(=O)c1cccc(O)c1)C1CCC(C)(C)CC1. The third-order valence-electron chi connectivity index (χ3n) is 4.27. The Balaban J connectivity index is 2.04. The molecule has 0 heterocycles. The van der Waals surface area contributed by atoms with E-state index in [4.69, 9.17) is 0 Å². The van der Waals surface area contributed by atoms with Gasteiger partial charge in [-0.2, -0.15) is 0 Å². The predicted octanol–water partition coefficient (Wildman–Crippen LogP) is 3.43. The van der Waals surface area contributed by atoms with Crippen molar-refractivity contribution >= 4 is 5.91 Å². The number of amides is 1. The maximum atomic E-state index is 12.4. The Bertz CT molecular complexity index is 458. The van der Waals surface area contributed by atoms with E-state index in [9.17, 15) is 9.90 Å². The number of rotatable bonds is 2. The van der Waals surface area contributed by atoms with Crippen LogP contribution in [0.2, 0.25) is 0 Å². The van der Waals surface area contributed by atoms with Gasteiger partial charge in [-0.1, -0.05) is 19.9 Å². The van der Waals surface area contributed by atoms with Crippen molar-refractivity contribution in [1.82, 2.24) is 4.90 Å². The van der Waals surface area contributed by atoms with Crippen LogP contribution >= 0.6 is 0 Å². The van der Waals surface area contributed by atoms with Crippen LogP contribution in [0.5, 0.6) is 5.75 Å². The van der Waals surface area contributed by atoms with Crippen LogP contribution < -0.4 is 0 Å². The summed E-state index contributed by atoms with van der Waals surface area (Å²) in [5.41, 5.74) is 0.970. The zero-order valence-corrected chi connectivity index (χ0v) is 12.0. The molecule has 1 aliphatic carbocycles. The van der Waals surface area contributed by atoms with Gasteiger partial charge >= 0.3 is 0 Å². The normalized spacial score (nSPS) is 19.1. The van der Waals surface area contributed by atoms with Gasteiger partial charge in [0.1, 0.15) is 5.75 Å². The van der Waals surface area contributed by atoms with Gasteiger partial charge in [-0.15, -0.1) is 0 Å². The minimum atomic E-state index is 0.000561. The molecule has 1 fully saturated rings. The fraction of sp³-hybridized carbons (Fsp3) is 0.562. The van der Waals surface area contributed by atoms with Gasteiger partial charge in [-0.3, -0.25) is 4.79 Å². The van der Waals surface area contributed by atoms with Crippen LogP contribution in [0, 0.1) is 5.41 Å². The highest BCUT2D eigenvalue weighted by atomic mass is 16.3. The molecule has 0 atom stereocenters. The van der Waals surface area contributed by atoms with Crippen molar-refractivity contribution in [3.05, 3.63) is 29.8 Å². The molecule has 1 aliphatic rings. The summed E-state index contributed by atoms with van der Waals surface area (Å²) in [5, 5.41) is 9.45. The maximum absolute atomic E-state index is 12.4. The van der Waals surface area contributed by atoms with E-state index in [2.05, 4.69) is 13.8 Å². The Morgan fingerprint density at radius 3 is 2.53 bits per heavy atom. The molecule has 1 N–H and O–H groups in total. The van der Waals surface area contributed by atoms with Crippen LogP contribution in [0.25, 0.3) is 0 Å². The Kier molecular flexibility index (Phi) is 3.83. The van der Waals surface area contributed by atoms with Crippen LogP contribution in [0.3, 0.4) is 0 Å². The average molecular weight is 261 g/mol. The van der Waals surface area contributed by atoms with Gasteiger partial charge in [0.2, 0.25) is 0 Å². The summed E-state index contributed by atoms with van der Waals surface area (Å²) in [6, 6.07) is 6.90. The van der Waals surface area contributed by atoms with Gasteiger partial charge in [0.15, 0.2) is 0 Å². The molecule has 0 radical (unpaired) electrons. The Morgan fingerprint density at radius 1 is 1.32 bits per heavy atom. The Morgan fingerprint density at radius 2 is 1.95 bits per heavy atom. The second-order valence-electron chi connectivity index (χ2n) is 6.36. The third-order valence-corrected chi connectivity index (χ3v) is 4.27. The average Bonchev–Trinajstić information content (AvgIpc) is 2.37. The number of benzene rings is 1. The number of aromatic hydroxyl groups is 1. The molecule has 0 spiro atoms. The van der Waals surface area contributed by atoms with Crippen molar-refractivity contribution in [3.8, 4) is 5.75 Å². The van der Waals surface area contributed by atoms with Crippen LogP contribution in [0.4, 0.5) is 0 Å². The maximum Gasteiger partial charge on any atom is 0.253 e. The predicted molar refractivity (Wildman–Crippen MR) is 76.2 cm³/mol. The number of carbonyl (C=O) groups is 1. The molecule has 1 aromatic rings. The zero-order chi connectivity index (χ0) is 14.0. The first kappa shape index (κ1) is 13.9. The second-order valence-corrected chi connectivity index (χ2v) is 6.36. The van der Waals surface area contributed by atoms with Crippen molar-refractivity contribution in [1.29, 1.82) is 0 Å². The van der Waals surface area contributed by atoms with Crippen LogP contribution in [-0.2, 0) is 0 Å². The van der Waals surface area contributed by atoms with Crippen molar-refractivity contribution in [2.75, 3.05) is 7.05 Å². The first-order chi connectivity index (χ1) is 8.89. The minimum Gasteiger partial charge on any atom is -0.508 e. The topological polar surface area (TPSA) is 40.5 Å². The summed E-state index contributed by atoms with van der Waals surface area (Å²) in [7, 11) is 1.87. The van der Waals surface area contributed by atoms with E-state index in [0.29, 0.717) is 17.0 Å². The molecule has 3 heteroatoms. The lowest BCUT2D eigenvalue weighted by Crippen LogP contribution is -2.40. The largest absolute Gasteiger partial charge is 0.508 e. The molecule has 0 saturated heterocycles. The molecule has 0 unspecified atom stereocenters. The Hall–Kier alpha value is -1.51. The zero-order valence-electron chi connectivity index (χ0n) is 12.0. The molecule has 0 bridgehead atoms. The highest BCUT2D eigenvalue weighted by Gasteiger charge is 2.30. The lowest BCUT2D eigenvalue weighted by Gasteiger charge is -2.38. The van der Waals surface area contributed by atoms with Crippen molar-refractivity contribution in [3.63, 3.8) is 0 Å². The molecule has 1 aromatic carbocycles. The molecule has 104 valence electrons. The van der Waals surface area contributed by atoms with Crippen LogP contribution in [0.15, 0.2) is 24.3 Å². The van der Waals surface area contributed by atoms with E-state index in [1.54, 1.807) is 18.2 Å². The van der Waals surface area contributed by atoms with Gasteiger partial charge < -0.3 is 10.0 Å². The molecule has 0 aliphatic heterocycles. The van der Waals surface area contributed by atoms with Gasteiger partial charge in [-0.05, 0) is 49.3 Å². The Labute approximate surface area is 115 Å². The minimum absolute atomic E-state index is 0.000561. The molecule has 3 nitrogen and oxygen atoms in total. The molecule has 19 heavy (non-hydrogen) atoms. The molecule has 1 amide bonds. The quantitative estimate of drug-likeness (QED) is 0.886. The van der Waals surface area contributed by atoms with Gasteiger partial charge in [0.25, 0.3) is 5.91 Å². The number of nitrogens with zero attached hydrogens (tertiary/aromatic N) is 1. The van der Waals surface area contributed by atoms with Crippen LogP contribution in [0.1, 0.15) is 49.9 Å². The van der Waals surface area contributed by atoms with Crippen molar-refractivity contribution in [2.24, 2.45) is 5.41 Å². The van der Waals surface area contributed by atoms with Crippen molar-refractivity contribution < 1.29 is 9.90 Å². The molecule has 0 aromatic heterocycles. The third kappa shape index (κ3) is 3.28. The van der Waals surface area contributed by atoms with Crippen molar-refractivity contribution in [2.45, 2.75) is 45.6 Å². The summed E-state index contributed by atoms with van der Waals surface area (Å²) in [6.07, 6.45) is 4.45. The number of phenols is 1. The lowest BCUT2D eigenvalue weighted by molar-refractivity contribution is 0.0635. The molecular weight excluding hydrogens is 238 g/mol. The summed E-state index contributed by atoms with van der Waals surface area (Å²) in [5.74, 6) is 0.143. The number of phenolic OH excluding ortho intramolecular Hbond substituents is 1. The highest BCUT2D eigenvalue weighted by molar-refractivity contribution is 5.94. The number of hydrogen-bond donors (Lipinski definition) is 1. The van der Waals surface area contributed by atoms with Crippen LogP contribution in [-0.4, -0.2) is 29.0 Å². The molecule has 1 saturated carbocycles. The smallest absolute Gasteiger partial charge is 0.253 e.